The average Bonchev–Trinajstić information content (AvgIpc) is 2.69. The van der Waals surface area contributed by atoms with Gasteiger partial charge < -0.3 is 9.84 Å². The van der Waals surface area contributed by atoms with E-state index in [2.05, 4.69) is 10.5 Å². The summed E-state index contributed by atoms with van der Waals surface area (Å²) in [5.41, 5.74) is 1.83. The van der Waals surface area contributed by atoms with Crippen LogP contribution in [0.25, 0.3) is 0 Å². The van der Waals surface area contributed by atoms with E-state index in [0.717, 1.165) is 0 Å². The first-order chi connectivity index (χ1) is 8.06. The molecule has 88 valence electrons. The van der Waals surface area contributed by atoms with E-state index in [1.54, 1.807) is 13.8 Å². The number of rotatable bonds is 2. The zero-order chi connectivity index (χ0) is 12.4. The van der Waals surface area contributed by atoms with Crippen molar-refractivity contribution in [1.82, 2.24) is 5.16 Å². The number of halogens is 1. The summed E-state index contributed by atoms with van der Waals surface area (Å²) in [4.78, 5) is 11.7. The Morgan fingerprint density at radius 3 is 2.71 bits per heavy atom. The van der Waals surface area contributed by atoms with E-state index in [0.29, 0.717) is 16.9 Å². The van der Waals surface area contributed by atoms with Crippen molar-refractivity contribution in [2.45, 2.75) is 13.8 Å². The monoisotopic (exact) mass is 234 g/mol. The second kappa shape index (κ2) is 4.37. The smallest absolute Gasteiger partial charge is 0.294 e. The molecular weight excluding hydrogens is 223 g/mol. The molecule has 1 amide bonds. The zero-order valence-electron chi connectivity index (χ0n) is 9.45. The Balaban J connectivity index is 2.18. The fourth-order valence-corrected chi connectivity index (χ4v) is 1.42. The summed E-state index contributed by atoms with van der Waals surface area (Å²) in [7, 11) is 0. The van der Waals surface area contributed by atoms with Crippen molar-refractivity contribution in [2.24, 2.45) is 0 Å². The summed E-state index contributed by atoms with van der Waals surface area (Å²) in [5, 5.41) is 6.25. The Morgan fingerprint density at radius 2 is 2.12 bits per heavy atom. The van der Waals surface area contributed by atoms with E-state index in [9.17, 15) is 9.18 Å². The van der Waals surface area contributed by atoms with Crippen LogP contribution in [-0.4, -0.2) is 11.1 Å². The van der Waals surface area contributed by atoms with Crippen LogP contribution in [0, 0.1) is 19.7 Å². The standard InChI is InChI=1S/C12H11FN2O2/c1-7-5-9(13)3-4-10(7)14-12(16)11-6-8(2)15-17-11/h3-6H,1-2H3,(H,14,16). The normalized spacial score (nSPS) is 10.3. The molecule has 0 spiro atoms. The van der Waals surface area contributed by atoms with E-state index in [4.69, 9.17) is 4.52 Å². The second-order valence-corrected chi connectivity index (χ2v) is 3.75. The largest absolute Gasteiger partial charge is 0.351 e. The van der Waals surface area contributed by atoms with Crippen LogP contribution in [0.15, 0.2) is 28.8 Å². The van der Waals surface area contributed by atoms with Gasteiger partial charge in [-0.15, -0.1) is 0 Å². The van der Waals surface area contributed by atoms with Gasteiger partial charge in [0.05, 0.1) is 5.69 Å². The van der Waals surface area contributed by atoms with Gasteiger partial charge in [0.15, 0.2) is 0 Å². The van der Waals surface area contributed by atoms with Gasteiger partial charge in [-0.3, -0.25) is 4.79 Å². The highest BCUT2D eigenvalue weighted by Gasteiger charge is 2.12. The number of hydrogen-bond donors (Lipinski definition) is 1. The van der Waals surface area contributed by atoms with Gasteiger partial charge in [0, 0.05) is 11.8 Å². The van der Waals surface area contributed by atoms with E-state index < -0.39 is 5.91 Å². The van der Waals surface area contributed by atoms with Crippen LogP contribution in [0.4, 0.5) is 10.1 Å². The fraction of sp³-hybridized carbons (Fsp3) is 0.167. The molecule has 1 aromatic heterocycles. The van der Waals surface area contributed by atoms with Crippen molar-refractivity contribution < 1.29 is 13.7 Å². The lowest BCUT2D eigenvalue weighted by molar-refractivity contribution is 0.0988. The molecule has 0 aliphatic heterocycles. The van der Waals surface area contributed by atoms with Gasteiger partial charge in [0.2, 0.25) is 5.76 Å². The van der Waals surface area contributed by atoms with Gasteiger partial charge in [0.1, 0.15) is 5.82 Å². The maximum absolute atomic E-state index is 12.9. The maximum atomic E-state index is 12.9. The Hall–Kier alpha value is -2.17. The first-order valence-electron chi connectivity index (χ1n) is 5.07. The molecule has 0 aliphatic carbocycles. The van der Waals surface area contributed by atoms with Gasteiger partial charge in [-0.1, -0.05) is 5.16 Å². The van der Waals surface area contributed by atoms with Crippen LogP contribution in [0.1, 0.15) is 21.8 Å². The Labute approximate surface area is 97.4 Å². The summed E-state index contributed by atoms with van der Waals surface area (Å²) in [6.45, 7) is 3.44. The minimum absolute atomic E-state index is 0.131. The lowest BCUT2D eigenvalue weighted by atomic mass is 10.2. The molecule has 17 heavy (non-hydrogen) atoms. The lowest BCUT2D eigenvalue weighted by Gasteiger charge is -2.06. The van der Waals surface area contributed by atoms with Gasteiger partial charge in [0.25, 0.3) is 5.91 Å². The topological polar surface area (TPSA) is 55.1 Å². The number of nitrogens with zero attached hydrogens (tertiary/aromatic N) is 1. The second-order valence-electron chi connectivity index (χ2n) is 3.75. The summed E-state index contributed by atoms with van der Waals surface area (Å²) in [6, 6.07) is 5.68. The molecule has 0 radical (unpaired) electrons. The number of amides is 1. The van der Waals surface area contributed by atoms with E-state index >= 15 is 0 Å². The molecule has 0 fully saturated rings. The Kier molecular flexibility index (Phi) is 2.91. The number of benzene rings is 1. The summed E-state index contributed by atoms with van der Waals surface area (Å²) in [6.07, 6.45) is 0. The van der Waals surface area contributed by atoms with Crippen molar-refractivity contribution in [3.05, 3.63) is 47.1 Å². The average molecular weight is 234 g/mol. The molecule has 5 heteroatoms. The summed E-state index contributed by atoms with van der Waals surface area (Å²) < 4.78 is 17.7. The van der Waals surface area contributed by atoms with E-state index in [-0.39, 0.29) is 11.6 Å². The van der Waals surface area contributed by atoms with Gasteiger partial charge in [-0.05, 0) is 37.6 Å². The maximum Gasteiger partial charge on any atom is 0.294 e. The van der Waals surface area contributed by atoms with Crippen LogP contribution in [0.3, 0.4) is 0 Å². The number of aryl methyl sites for hydroxylation is 2. The molecule has 0 bridgehead atoms. The highest BCUT2D eigenvalue weighted by Crippen LogP contribution is 2.16. The first kappa shape index (κ1) is 11.3. The van der Waals surface area contributed by atoms with Gasteiger partial charge in [-0.2, -0.15) is 0 Å². The third-order valence-electron chi connectivity index (χ3n) is 2.29. The molecule has 0 unspecified atom stereocenters. The third kappa shape index (κ3) is 2.50. The lowest BCUT2D eigenvalue weighted by Crippen LogP contribution is -2.11. The Bertz CT molecular complexity index is 563. The molecular formula is C12H11FN2O2. The van der Waals surface area contributed by atoms with Crippen LogP contribution in [0.2, 0.25) is 0 Å². The van der Waals surface area contributed by atoms with Crippen molar-refractivity contribution in [3.63, 3.8) is 0 Å². The SMILES string of the molecule is Cc1cc(C(=O)Nc2ccc(F)cc2C)on1. The Morgan fingerprint density at radius 1 is 1.35 bits per heavy atom. The molecule has 4 nitrogen and oxygen atoms in total. The minimum atomic E-state index is -0.402. The van der Waals surface area contributed by atoms with Gasteiger partial charge in [-0.25, -0.2) is 4.39 Å². The molecule has 1 N–H and O–H groups in total. The number of hydrogen-bond acceptors (Lipinski definition) is 3. The van der Waals surface area contributed by atoms with Crippen molar-refractivity contribution >= 4 is 11.6 Å². The number of carbonyl (C=O) groups excluding carboxylic acids is 1. The summed E-state index contributed by atoms with van der Waals surface area (Å²) >= 11 is 0. The number of nitrogens with one attached hydrogen (secondary N) is 1. The van der Waals surface area contributed by atoms with Crippen LogP contribution >= 0.6 is 0 Å². The number of carbonyl (C=O) groups is 1. The van der Waals surface area contributed by atoms with Crippen molar-refractivity contribution in [3.8, 4) is 0 Å². The molecule has 0 saturated carbocycles. The van der Waals surface area contributed by atoms with E-state index in [1.807, 2.05) is 0 Å². The molecule has 0 saturated heterocycles. The predicted octanol–water partition coefficient (Wildman–Crippen LogP) is 2.68. The third-order valence-corrected chi connectivity index (χ3v) is 2.29. The molecule has 1 heterocycles. The first-order valence-corrected chi connectivity index (χ1v) is 5.07. The molecule has 2 aromatic rings. The van der Waals surface area contributed by atoms with Crippen LogP contribution in [-0.2, 0) is 0 Å². The van der Waals surface area contributed by atoms with Crippen LogP contribution < -0.4 is 5.32 Å². The van der Waals surface area contributed by atoms with Crippen molar-refractivity contribution in [2.75, 3.05) is 5.32 Å². The molecule has 2 rings (SSSR count). The summed E-state index contributed by atoms with van der Waals surface area (Å²) in [5.74, 6) is -0.609. The molecule has 0 atom stereocenters. The van der Waals surface area contributed by atoms with E-state index in [1.165, 1.54) is 24.3 Å². The predicted molar refractivity (Wildman–Crippen MR) is 60.3 cm³/mol. The number of aromatic nitrogens is 1. The highest BCUT2D eigenvalue weighted by molar-refractivity contribution is 6.02. The van der Waals surface area contributed by atoms with Gasteiger partial charge >= 0.3 is 0 Å². The number of anilines is 1. The molecule has 1 aromatic carbocycles. The van der Waals surface area contributed by atoms with Crippen LogP contribution in [0.5, 0.6) is 0 Å². The molecule has 0 aliphatic rings. The fourth-order valence-electron chi connectivity index (χ4n) is 1.42. The minimum Gasteiger partial charge on any atom is -0.351 e. The highest BCUT2D eigenvalue weighted by atomic mass is 19.1. The van der Waals surface area contributed by atoms with Crippen molar-refractivity contribution in [1.29, 1.82) is 0 Å². The zero-order valence-corrected chi connectivity index (χ0v) is 9.45. The quantitative estimate of drug-likeness (QED) is 0.869.